The van der Waals surface area contributed by atoms with E-state index in [0.717, 1.165) is 103 Å². The number of allylic oxidation sites excluding steroid dienone is 1. The zero-order valence-corrected chi connectivity index (χ0v) is 38.7. The van der Waals surface area contributed by atoms with Crippen LogP contribution in [0.1, 0.15) is 121 Å². The fraction of sp³-hybridized carbons (Fsp3) is 0.593. The smallest absolute Gasteiger partial charge is 0.239 e. The molecule has 64 heavy (non-hydrogen) atoms. The number of ether oxygens (including phenoxy) is 3. The number of carbonyl (C=O) groups excluding carboxylic acids is 1. The summed E-state index contributed by atoms with van der Waals surface area (Å²) in [7, 11) is 0. The highest BCUT2D eigenvalue weighted by Gasteiger charge is 2.65. The lowest BCUT2D eigenvalue weighted by atomic mass is 9.55. The molecule has 6 atom stereocenters. The Morgan fingerprint density at radius 2 is 1.75 bits per heavy atom. The van der Waals surface area contributed by atoms with Crippen LogP contribution in [0.3, 0.4) is 0 Å². The Balaban J connectivity index is 1.32. The minimum absolute atomic E-state index is 0.0909. The zero-order valence-electron chi connectivity index (χ0n) is 38.7. The molecule has 10 heteroatoms. The van der Waals surface area contributed by atoms with Crippen molar-refractivity contribution < 1.29 is 34.1 Å². The standard InChI is InChI=1S/C54H73N3O7/c1-5-32-62-54-49(57(50(60)26-23-38-15-6-7-16-38)37-41-20-14-19-39-17-8-9-21-43(39)41)36-47(55-64-53(2,3)4)45-34-40(18-10-12-30-58)44(22-11-13-31-59)51(52(45)54)46-35-42(24-25-48(46)63-54)61-33-29-56-27-28-56/h5,8-9,14,17,19-21,24-25,34-35,38,40,44,49,51-52,58-59H,1,6-7,10-13,15-16,18,22-23,26-33,36-37H2,2-4H3/t40-,44+,49-,51+,52+,54+/m0/s1. The lowest BCUT2D eigenvalue weighted by molar-refractivity contribution is -0.258. The Morgan fingerprint density at radius 1 is 0.984 bits per heavy atom. The highest BCUT2D eigenvalue weighted by molar-refractivity contribution is 6.03. The number of unbranched alkanes of at least 4 members (excludes halogenated alkanes) is 2. The molecule has 346 valence electrons. The van der Waals surface area contributed by atoms with Crippen molar-refractivity contribution in [2.45, 2.75) is 134 Å². The SMILES string of the molecule is C=CCO[C@@]12Oc3ccc(OCCN4CC4)cc3[C@H]3[C@H](CCCCO)[C@@H](CCCCO)C=C(C(=NOC(C)(C)C)C[C@@H]1N(Cc1cccc4ccccc14)C(=O)CCC1CCCC1)[C@H]32. The normalized spacial score (nSPS) is 25.9. The fourth-order valence-corrected chi connectivity index (χ4v) is 11.3. The van der Waals surface area contributed by atoms with Gasteiger partial charge in [0, 0.05) is 63.7 Å². The lowest BCUT2D eigenvalue weighted by Crippen LogP contribution is -2.70. The molecule has 0 bridgehead atoms. The molecule has 2 saturated carbocycles. The second-order valence-corrected chi connectivity index (χ2v) is 20.0. The Morgan fingerprint density at radius 3 is 2.50 bits per heavy atom. The molecule has 2 N–H and O–H groups in total. The van der Waals surface area contributed by atoms with Gasteiger partial charge in [-0.1, -0.05) is 98.3 Å². The van der Waals surface area contributed by atoms with Crippen molar-refractivity contribution in [3.63, 3.8) is 0 Å². The van der Waals surface area contributed by atoms with E-state index in [-0.39, 0.29) is 49.4 Å². The number of rotatable bonds is 22. The van der Waals surface area contributed by atoms with Gasteiger partial charge >= 0.3 is 0 Å². The summed E-state index contributed by atoms with van der Waals surface area (Å²) < 4.78 is 21.4. The molecule has 5 aliphatic rings. The first-order valence-corrected chi connectivity index (χ1v) is 24.5. The van der Waals surface area contributed by atoms with Gasteiger partial charge < -0.3 is 34.2 Å². The molecule has 3 aliphatic carbocycles. The Kier molecular flexibility index (Phi) is 15.2. The quantitative estimate of drug-likeness (QED) is 0.0444. The van der Waals surface area contributed by atoms with Crippen molar-refractivity contribution >= 4 is 22.4 Å². The average molecular weight is 876 g/mol. The molecule has 0 aromatic heterocycles. The third kappa shape index (κ3) is 10.6. The summed E-state index contributed by atoms with van der Waals surface area (Å²) in [6, 6.07) is 20.5. The predicted molar refractivity (Wildman–Crippen MR) is 253 cm³/mol. The van der Waals surface area contributed by atoms with Crippen LogP contribution in [0.15, 0.2) is 90.1 Å². The van der Waals surface area contributed by atoms with Crippen LogP contribution in [0.2, 0.25) is 0 Å². The second kappa shape index (κ2) is 21.0. The van der Waals surface area contributed by atoms with Crippen molar-refractivity contribution in [3.05, 3.63) is 96.1 Å². The van der Waals surface area contributed by atoms with Gasteiger partial charge in [-0.2, -0.15) is 0 Å². The van der Waals surface area contributed by atoms with E-state index in [4.69, 9.17) is 24.2 Å². The maximum atomic E-state index is 15.4. The number of hydrogen-bond donors (Lipinski definition) is 2. The summed E-state index contributed by atoms with van der Waals surface area (Å²) in [4.78, 5) is 26.3. The molecular formula is C54H73N3O7. The predicted octanol–water partition coefficient (Wildman–Crippen LogP) is 9.97. The first-order valence-electron chi connectivity index (χ1n) is 24.5. The molecule has 8 rings (SSSR count). The summed E-state index contributed by atoms with van der Waals surface area (Å²) >= 11 is 0. The van der Waals surface area contributed by atoms with E-state index in [1.54, 1.807) is 6.08 Å². The molecule has 2 heterocycles. The third-order valence-corrected chi connectivity index (χ3v) is 14.4. The number of oxime groups is 1. The summed E-state index contributed by atoms with van der Waals surface area (Å²) in [5, 5.41) is 27.4. The van der Waals surface area contributed by atoms with Crippen molar-refractivity contribution in [2.24, 2.45) is 28.8 Å². The lowest BCUT2D eigenvalue weighted by Gasteiger charge is -2.60. The van der Waals surface area contributed by atoms with Gasteiger partial charge in [-0.15, -0.1) is 6.58 Å². The Hall–Kier alpha value is -4.22. The molecule has 0 radical (unpaired) electrons. The molecule has 3 aromatic carbocycles. The highest BCUT2D eigenvalue weighted by Crippen LogP contribution is 2.62. The Bertz CT molecular complexity index is 2110. The number of nitrogens with zero attached hydrogens (tertiary/aromatic N) is 3. The third-order valence-electron chi connectivity index (χ3n) is 14.4. The van der Waals surface area contributed by atoms with E-state index in [2.05, 4.69) is 77.1 Å². The number of aliphatic hydroxyl groups is 2. The number of fused-ring (bicyclic) bond motifs is 3. The van der Waals surface area contributed by atoms with E-state index in [0.29, 0.717) is 38.3 Å². The van der Waals surface area contributed by atoms with Crippen molar-refractivity contribution in [2.75, 3.05) is 46.1 Å². The van der Waals surface area contributed by atoms with Gasteiger partial charge in [-0.3, -0.25) is 9.69 Å². The second-order valence-electron chi connectivity index (χ2n) is 20.0. The summed E-state index contributed by atoms with van der Waals surface area (Å²) in [5.74, 6) is 0.661. The minimum atomic E-state index is -1.32. The summed E-state index contributed by atoms with van der Waals surface area (Å²) in [6.07, 6.45) is 15.6. The maximum absolute atomic E-state index is 15.4. The van der Waals surface area contributed by atoms with Crippen LogP contribution in [0.4, 0.5) is 0 Å². The molecule has 0 unspecified atom stereocenters. The summed E-state index contributed by atoms with van der Waals surface area (Å²) in [6.45, 7) is 14.8. The maximum Gasteiger partial charge on any atom is 0.239 e. The van der Waals surface area contributed by atoms with Crippen molar-refractivity contribution in [1.29, 1.82) is 0 Å². The molecule has 3 aromatic rings. The topological polar surface area (TPSA) is 113 Å². The summed E-state index contributed by atoms with van der Waals surface area (Å²) in [5.41, 5.74) is 3.45. The van der Waals surface area contributed by atoms with Crippen molar-refractivity contribution in [1.82, 2.24) is 9.80 Å². The van der Waals surface area contributed by atoms with Gasteiger partial charge in [0.25, 0.3) is 0 Å². The number of carbonyl (C=O) groups is 1. The monoisotopic (exact) mass is 876 g/mol. The van der Waals surface area contributed by atoms with Crippen LogP contribution in [-0.4, -0.2) is 95.1 Å². The van der Waals surface area contributed by atoms with E-state index in [1.165, 1.54) is 25.7 Å². The molecule has 1 amide bonds. The number of benzene rings is 3. The highest BCUT2D eigenvalue weighted by atomic mass is 16.7. The van der Waals surface area contributed by atoms with Crippen LogP contribution in [-0.2, 0) is 20.9 Å². The van der Waals surface area contributed by atoms with Gasteiger partial charge in [0.1, 0.15) is 29.7 Å². The first-order chi connectivity index (χ1) is 31.1. The van der Waals surface area contributed by atoms with E-state index >= 15 is 4.79 Å². The molecular weight excluding hydrogens is 803 g/mol. The molecule has 1 saturated heterocycles. The largest absolute Gasteiger partial charge is 0.492 e. The van der Waals surface area contributed by atoms with Crippen LogP contribution >= 0.6 is 0 Å². The van der Waals surface area contributed by atoms with Gasteiger partial charge in [0.15, 0.2) is 0 Å². The van der Waals surface area contributed by atoms with E-state index < -0.39 is 17.4 Å². The Labute approximate surface area is 381 Å². The first kappa shape index (κ1) is 46.3. The minimum Gasteiger partial charge on any atom is -0.492 e. The molecule has 10 nitrogen and oxygen atoms in total. The van der Waals surface area contributed by atoms with Crippen molar-refractivity contribution in [3.8, 4) is 11.5 Å². The van der Waals surface area contributed by atoms with E-state index in [9.17, 15) is 10.2 Å². The molecule has 0 spiro atoms. The van der Waals surface area contributed by atoms with Gasteiger partial charge in [0.05, 0.1) is 18.2 Å². The zero-order chi connectivity index (χ0) is 44.7. The van der Waals surface area contributed by atoms with Crippen LogP contribution < -0.4 is 9.47 Å². The van der Waals surface area contributed by atoms with Crippen LogP contribution in [0.5, 0.6) is 11.5 Å². The van der Waals surface area contributed by atoms with E-state index in [1.807, 2.05) is 26.8 Å². The average Bonchev–Trinajstić information content (AvgIpc) is 3.97. The molecule has 3 fully saturated rings. The van der Waals surface area contributed by atoms with Gasteiger partial charge in [-0.25, -0.2) is 0 Å². The van der Waals surface area contributed by atoms with Crippen LogP contribution in [0.25, 0.3) is 10.8 Å². The number of amides is 1. The van der Waals surface area contributed by atoms with Gasteiger partial charge in [0.2, 0.25) is 11.7 Å². The van der Waals surface area contributed by atoms with Gasteiger partial charge in [-0.05, 0) is 111 Å². The number of hydrogen-bond acceptors (Lipinski definition) is 9. The number of aliphatic hydroxyl groups excluding tert-OH is 2. The fourth-order valence-electron chi connectivity index (χ4n) is 11.3. The molecule has 2 aliphatic heterocycles. The van der Waals surface area contributed by atoms with Crippen LogP contribution in [0, 0.1) is 23.7 Å².